The van der Waals surface area contributed by atoms with E-state index in [0.717, 1.165) is 24.6 Å². The molecule has 18 heavy (non-hydrogen) atoms. The van der Waals surface area contributed by atoms with E-state index in [1.807, 2.05) is 13.8 Å². The molecule has 2 heterocycles. The van der Waals surface area contributed by atoms with Crippen molar-refractivity contribution >= 4 is 22.4 Å². The Hall–Kier alpha value is -1.01. The third-order valence-corrected chi connectivity index (χ3v) is 3.59. The predicted molar refractivity (Wildman–Crippen MR) is 74.4 cm³/mol. The highest BCUT2D eigenvalue weighted by atomic mass is 32.1. The molecular formula is C12H21N3O2S. The highest BCUT2D eigenvalue weighted by molar-refractivity contribution is 7.11. The molecule has 1 saturated heterocycles. The van der Waals surface area contributed by atoms with Gasteiger partial charge >= 0.3 is 0 Å². The molecule has 1 atom stereocenters. The quantitative estimate of drug-likeness (QED) is 0.861. The monoisotopic (exact) mass is 271 g/mol. The summed E-state index contributed by atoms with van der Waals surface area (Å²) in [5, 5.41) is 4.23. The molecule has 0 saturated carbocycles. The van der Waals surface area contributed by atoms with Gasteiger partial charge < -0.3 is 20.5 Å². The summed E-state index contributed by atoms with van der Waals surface area (Å²) < 4.78 is 15.5. The fourth-order valence-corrected chi connectivity index (χ4v) is 2.59. The van der Waals surface area contributed by atoms with Crippen LogP contribution >= 0.6 is 11.5 Å². The van der Waals surface area contributed by atoms with E-state index in [-0.39, 0.29) is 12.2 Å². The van der Waals surface area contributed by atoms with Crippen LogP contribution in [0, 0.1) is 0 Å². The predicted octanol–water partition coefficient (Wildman–Crippen LogP) is 2.49. The number of hydrogen-bond acceptors (Lipinski definition) is 6. The average molecular weight is 271 g/mol. The number of nitrogens with two attached hydrogens (primary N) is 1. The minimum Gasteiger partial charge on any atom is -0.484 e. The normalized spacial score (nSPS) is 20.1. The molecule has 1 aromatic rings. The first-order valence-electron chi connectivity index (χ1n) is 6.44. The van der Waals surface area contributed by atoms with Crippen LogP contribution in [-0.4, -0.2) is 29.7 Å². The lowest BCUT2D eigenvalue weighted by atomic mass is 10.1. The van der Waals surface area contributed by atoms with Gasteiger partial charge in [-0.2, -0.15) is 4.37 Å². The van der Waals surface area contributed by atoms with Gasteiger partial charge in [0.15, 0.2) is 16.6 Å². The Morgan fingerprint density at radius 3 is 3.06 bits per heavy atom. The van der Waals surface area contributed by atoms with Crippen LogP contribution in [0.1, 0.15) is 33.1 Å². The molecule has 1 unspecified atom stereocenters. The summed E-state index contributed by atoms with van der Waals surface area (Å²) in [6.07, 6.45) is 3.91. The molecule has 0 aromatic carbocycles. The van der Waals surface area contributed by atoms with Gasteiger partial charge in [0.25, 0.3) is 0 Å². The van der Waals surface area contributed by atoms with Gasteiger partial charge in [0.05, 0.1) is 12.2 Å². The molecule has 1 aliphatic heterocycles. The topological polar surface area (TPSA) is 69.4 Å². The number of anilines is 2. The summed E-state index contributed by atoms with van der Waals surface area (Å²) in [6.45, 7) is 5.61. The van der Waals surface area contributed by atoms with E-state index < -0.39 is 0 Å². The van der Waals surface area contributed by atoms with Crippen LogP contribution in [0.5, 0.6) is 5.75 Å². The van der Waals surface area contributed by atoms with Gasteiger partial charge in [-0.05, 0) is 44.6 Å². The Morgan fingerprint density at radius 1 is 1.56 bits per heavy atom. The number of rotatable bonds is 5. The lowest BCUT2D eigenvalue weighted by molar-refractivity contribution is 0.0248. The molecule has 6 heteroatoms. The highest BCUT2D eigenvalue weighted by Crippen LogP contribution is 2.36. The Labute approximate surface area is 112 Å². The molecule has 1 aliphatic rings. The molecule has 3 N–H and O–H groups in total. The zero-order valence-corrected chi connectivity index (χ0v) is 11.8. The Bertz CT molecular complexity index is 375. The van der Waals surface area contributed by atoms with Gasteiger partial charge in [0.1, 0.15) is 0 Å². The van der Waals surface area contributed by atoms with E-state index >= 15 is 0 Å². The first-order chi connectivity index (χ1) is 8.66. The van der Waals surface area contributed by atoms with Crippen LogP contribution in [0.4, 0.5) is 10.8 Å². The maximum atomic E-state index is 5.80. The summed E-state index contributed by atoms with van der Waals surface area (Å²) in [7, 11) is 0. The number of hydrogen-bond donors (Lipinski definition) is 2. The van der Waals surface area contributed by atoms with Gasteiger partial charge in [-0.15, -0.1) is 0 Å². The fourth-order valence-electron chi connectivity index (χ4n) is 1.93. The maximum absolute atomic E-state index is 5.80. The van der Waals surface area contributed by atoms with E-state index in [9.17, 15) is 0 Å². The zero-order chi connectivity index (χ0) is 13.0. The minimum absolute atomic E-state index is 0.0928. The SMILES string of the molecule is CC(C)Oc1c(N)nsc1NCC1CCCCO1. The van der Waals surface area contributed by atoms with E-state index in [1.54, 1.807) is 0 Å². The summed E-state index contributed by atoms with van der Waals surface area (Å²) in [4.78, 5) is 0. The van der Waals surface area contributed by atoms with Crippen molar-refractivity contribution in [2.24, 2.45) is 0 Å². The minimum atomic E-state index is 0.0928. The van der Waals surface area contributed by atoms with Crippen molar-refractivity contribution in [2.75, 3.05) is 24.2 Å². The lowest BCUT2D eigenvalue weighted by Gasteiger charge is -2.23. The molecule has 0 aliphatic carbocycles. The molecule has 1 aromatic heterocycles. The van der Waals surface area contributed by atoms with Crippen molar-refractivity contribution in [2.45, 2.75) is 45.3 Å². The smallest absolute Gasteiger partial charge is 0.197 e. The largest absolute Gasteiger partial charge is 0.484 e. The molecule has 0 amide bonds. The summed E-state index contributed by atoms with van der Waals surface area (Å²) in [6, 6.07) is 0. The van der Waals surface area contributed by atoms with Crippen molar-refractivity contribution in [1.29, 1.82) is 0 Å². The number of nitrogens with zero attached hydrogens (tertiary/aromatic N) is 1. The van der Waals surface area contributed by atoms with Crippen LogP contribution in [0.2, 0.25) is 0 Å². The van der Waals surface area contributed by atoms with Crippen LogP contribution < -0.4 is 15.8 Å². The number of aromatic nitrogens is 1. The van der Waals surface area contributed by atoms with Crippen molar-refractivity contribution in [1.82, 2.24) is 4.37 Å². The molecule has 5 nitrogen and oxygen atoms in total. The average Bonchev–Trinajstić information content (AvgIpc) is 2.69. The van der Waals surface area contributed by atoms with Gasteiger partial charge in [-0.3, -0.25) is 0 Å². The van der Waals surface area contributed by atoms with E-state index in [1.165, 1.54) is 24.4 Å². The lowest BCUT2D eigenvalue weighted by Crippen LogP contribution is -2.26. The number of nitrogens with one attached hydrogen (secondary N) is 1. The second kappa shape index (κ2) is 6.24. The van der Waals surface area contributed by atoms with Crippen LogP contribution in [0.25, 0.3) is 0 Å². The van der Waals surface area contributed by atoms with Crippen LogP contribution in [0.3, 0.4) is 0 Å². The third-order valence-electron chi connectivity index (χ3n) is 2.79. The van der Waals surface area contributed by atoms with Crippen molar-refractivity contribution in [3.05, 3.63) is 0 Å². The molecule has 1 fully saturated rings. The standard InChI is InChI=1S/C12H21N3O2S/c1-8(2)17-10-11(13)15-18-12(10)14-7-9-5-3-4-6-16-9/h8-9,14H,3-7H2,1-2H3,(H2,13,15). The first kappa shape index (κ1) is 13.4. The second-order valence-electron chi connectivity index (χ2n) is 4.76. The molecule has 0 bridgehead atoms. The summed E-state index contributed by atoms with van der Waals surface area (Å²) >= 11 is 1.34. The van der Waals surface area contributed by atoms with E-state index in [4.69, 9.17) is 15.2 Å². The Balaban J connectivity index is 1.91. The molecule has 102 valence electrons. The highest BCUT2D eigenvalue weighted by Gasteiger charge is 2.18. The summed E-state index contributed by atoms with van der Waals surface area (Å²) in [5.74, 6) is 1.13. The van der Waals surface area contributed by atoms with E-state index in [0.29, 0.717) is 11.6 Å². The van der Waals surface area contributed by atoms with Crippen molar-refractivity contribution < 1.29 is 9.47 Å². The van der Waals surface area contributed by atoms with Crippen molar-refractivity contribution in [3.63, 3.8) is 0 Å². The Morgan fingerprint density at radius 2 is 2.39 bits per heavy atom. The molecule has 0 radical (unpaired) electrons. The third kappa shape index (κ3) is 3.49. The Kier molecular flexibility index (Phi) is 4.66. The zero-order valence-electron chi connectivity index (χ0n) is 10.9. The second-order valence-corrected chi connectivity index (χ2v) is 5.54. The van der Waals surface area contributed by atoms with Crippen molar-refractivity contribution in [3.8, 4) is 5.75 Å². The maximum Gasteiger partial charge on any atom is 0.197 e. The molecular weight excluding hydrogens is 250 g/mol. The number of ether oxygens (including phenoxy) is 2. The number of nitrogen functional groups attached to an aromatic ring is 1. The fraction of sp³-hybridized carbons (Fsp3) is 0.750. The van der Waals surface area contributed by atoms with E-state index in [2.05, 4.69) is 9.69 Å². The van der Waals surface area contributed by atoms with Gasteiger partial charge in [0.2, 0.25) is 0 Å². The first-order valence-corrected chi connectivity index (χ1v) is 7.21. The molecule has 0 spiro atoms. The van der Waals surface area contributed by atoms with Gasteiger partial charge in [-0.1, -0.05) is 0 Å². The summed E-state index contributed by atoms with van der Waals surface area (Å²) in [5.41, 5.74) is 5.80. The van der Waals surface area contributed by atoms with Gasteiger partial charge in [0, 0.05) is 13.2 Å². The van der Waals surface area contributed by atoms with Gasteiger partial charge in [-0.25, -0.2) is 0 Å². The van der Waals surface area contributed by atoms with Crippen LogP contribution in [0.15, 0.2) is 0 Å². The molecule has 2 rings (SSSR count). The van der Waals surface area contributed by atoms with Crippen LogP contribution in [-0.2, 0) is 4.74 Å².